The van der Waals surface area contributed by atoms with Gasteiger partial charge in [0.05, 0.1) is 6.61 Å². The lowest BCUT2D eigenvalue weighted by Gasteiger charge is -2.41. The van der Waals surface area contributed by atoms with Crippen molar-refractivity contribution in [1.29, 1.82) is 0 Å². The van der Waals surface area contributed by atoms with Crippen molar-refractivity contribution in [3.05, 3.63) is 71.3 Å². The van der Waals surface area contributed by atoms with E-state index in [2.05, 4.69) is 60.4 Å². The molecule has 0 spiro atoms. The van der Waals surface area contributed by atoms with Crippen LogP contribution < -0.4 is 0 Å². The molecule has 2 aromatic carbocycles. The summed E-state index contributed by atoms with van der Waals surface area (Å²) in [7, 11) is 0. The Balaban J connectivity index is 2.07. The molecule has 1 aliphatic rings. The molecule has 2 nitrogen and oxygen atoms in total. The number of hydrogen-bond donors (Lipinski definition) is 1. The van der Waals surface area contributed by atoms with E-state index in [4.69, 9.17) is 0 Å². The van der Waals surface area contributed by atoms with Gasteiger partial charge < -0.3 is 5.11 Å². The summed E-state index contributed by atoms with van der Waals surface area (Å²) in [5, 5.41) is 9.96. The number of hydrogen-bond acceptors (Lipinski definition) is 2. The number of fused-ring (bicyclic) bond motifs is 1. The van der Waals surface area contributed by atoms with Crippen molar-refractivity contribution in [2.75, 3.05) is 13.2 Å². The van der Waals surface area contributed by atoms with Crippen molar-refractivity contribution in [2.24, 2.45) is 0 Å². The minimum Gasteiger partial charge on any atom is -0.396 e. The molecule has 3 rings (SSSR count). The predicted octanol–water partition coefficient (Wildman–Crippen LogP) is 3.34. The van der Waals surface area contributed by atoms with Crippen molar-refractivity contribution in [3.8, 4) is 0 Å². The Hall–Kier alpha value is -1.64. The first-order chi connectivity index (χ1) is 9.85. The summed E-state index contributed by atoms with van der Waals surface area (Å²) in [5.74, 6) is 0.155. The maximum atomic E-state index is 9.96. The molecule has 0 radical (unpaired) electrons. The second-order valence-electron chi connectivity index (χ2n) is 5.41. The molecule has 1 N–H and O–H groups in total. The molecule has 1 heterocycles. The average Bonchev–Trinajstić information content (AvgIpc) is 2.53. The predicted molar refractivity (Wildman–Crippen MR) is 81.5 cm³/mol. The van der Waals surface area contributed by atoms with Gasteiger partial charge in [0.1, 0.15) is 0 Å². The molecule has 1 aliphatic heterocycles. The molecule has 2 aromatic rings. The Morgan fingerprint density at radius 2 is 1.75 bits per heavy atom. The normalized spacial score (nSPS) is 22.5. The van der Waals surface area contributed by atoms with Crippen molar-refractivity contribution in [1.82, 2.24) is 4.90 Å². The number of benzene rings is 2. The van der Waals surface area contributed by atoms with Gasteiger partial charge in [0, 0.05) is 18.5 Å². The molecule has 2 heteroatoms. The summed E-state index contributed by atoms with van der Waals surface area (Å²) in [4.78, 5) is 2.46. The quantitative estimate of drug-likeness (QED) is 0.922. The highest BCUT2D eigenvalue weighted by atomic mass is 16.3. The average molecular weight is 267 g/mol. The third-order valence-electron chi connectivity index (χ3n) is 4.35. The summed E-state index contributed by atoms with van der Waals surface area (Å²) >= 11 is 0. The van der Waals surface area contributed by atoms with Crippen LogP contribution in [0.5, 0.6) is 0 Å². The van der Waals surface area contributed by atoms with Crippen LogP contribution >= 0.6 is 0 Å². The SMILES string of the molecule is CCN1Cc2ccccc2[C@@H](CO)[C@@H]1c1ccccc1. The van der Waals surface area contributed by atoms with E-state index in [1.54, 1.807) is 0 Å². The third-order valence-corrected chi connectivity index (χ3v) is 4.35. The molecule has 0 amide bonds. The van der Waals surface area contributed by atoms with Crippen LogP contribution in [0.2, 0.25) is 0 Å². The van der Waals surface area contributed by atoms with E-state index in [-0.39, 0.29) is 18.6 Å². The lowest BCUT2D eigenvalue weighted by atomic mass is 9.80. The summed E-state index contributed by atoms with van der Waals surface area (Å²) in [6, 6.07) is 19.3. The molecular weight excluding hydrogens is 246 g/mol. The Labute approximate surface area is 120 Å². The monoisotopic (exact) mass is 267 g/mol. The Morgan fingerprint density at radius 3 is 2.45 bits per heavy atom. The van der Waals surface area contributed by atoms with Gasteiger partial charge in [-0.3, -0.25) is 4.90 Å². The van der Waals surface area contributed by atoms with Gasteiger partial charge in [-0.1, -0.05) is 61.5 Å². The fraction of sp³-hybridized carbons (Fsp3) is 0.333. The highest BCUT2D eigenvalue weighted by Crippen LogP contribution is 2.41. The van der Waals surface area contributed by atoms with Crippen LogP contribution in [0.25, 0.3) is 0 Å². The van der Waals surface area contributed by atoms with Crippen LogP contribution in [0.4, 0.5) is 0 Å². The Bertz CT molecular complexity index is 567. The molecule has 0 fully saturated rings. The van der Waals surface area contributed by atoms with E-state index in [0.29, 0.717) is 0 Å². The molecule has 104 valence electrons. The van der Waals surface area contributed by atoms with Crippen LogP contribution in [0.15, 0.2) is 54.6 Å². The topological polar surface area (TPSA) is 23.5 Å². The van der Waals surface area contributed by atoms with Crippen LogP contribution in [-0.2, 0) is 6.54 Å². The summed E-state index contributed by atoms with van der Waals surface area (Å²) in [5.41, 5.74) is 3.94. The maximum Gasteiger partial charge on any atom is 0.0518 e. The number of rotatable bonds is 3. The summed E-state index contributed by atoms with van der Waals surface area (Å²) < 4.78 is 0. The molecule has 0 saturated heterocycles. The van der Waals surface area contributed by atoms with Gasteiger partial charge in [-0.2, -0.15) is 0 Å². The van der Waals surface area contributed by atoms with Crippen LogP contribution in [0.3, 0.4) is 0 Å². The first kappa shape index (κ1) is 13.3. The fourth-order valence-corrected chi connectivity index (χ4v) is 3.38. The second kappa shape index (κ2) is 5.78. The molecule has 0 saturated carbocycles. The minimum absolute atomic E-state index is 0.155. The van der Waals surface area contributed by atoms with Gasteiger partial charge in [0.15, 0.2) is 0 Å². The van der Waals surface area contributed by atoms with E-state index in [1.165, 1.54) is 16.7 Å². The van der Waals surface area contributed by atoms with E-state index in [0.717, 1.165) is 13.1 Å². The zero-order valence-electron chi connectivity index (χ0n) is 11.9. The lowest BCUT2D eigenvalue weighted by Crippen LogP contribution is -2.38. The van der Waals surface area contributed by atoms with Crippen LogP contribution in [0.1, 0.15) is 35.6 Å². The first-order valence-electron chi connectivity index (χ1n) is 7.32. The molecule has 20 heavy (non-hydrogen) atoms. The molecule has 0 bridgehead atoms. The standard InChI is InChI=1S/C18H21NO/c1-2-19-12-15-10-6-7-11-16(15)17(13-20)18(19)14-8-4-3-5-9-14/h3-11,17-18,20H,2,12-13H2,1H3/t17-,18+/m1/s1. The Morgan fingerprint density at radius 1 is 1.05 bits per heavy atom. The van der Waals surface area contributed by atoms with Crippen LogP contribution in [-0.4, -0.2) is 23.2 Å². The van der Waals surface area contributed by atoms with E-state index in [1.807, 2.05) is 6.07 Å². The molecule has 2 atom stereocenters. The third kappa shape index (κ3) is 2.26. The van der Waals surface area contributed by atoms with Gasteiger partial charge in [0.25, 0.3) is 0 Å². The number of likely N-dealkylation sites (N-methyl/N-ethyl adjacent to an activating group) is 1. The van der Waals surface area contributed by atoms with Gasteiger partial charge in [-0.15, -0.1) is 0 Å². The minimum atomic E-state index is 0.155. The molecular formula is C18H21NO. The van der Waals surface area contributed by atoms with Crippen molar-refractivity contribution >= 4 is 0 Å². The molecule has 0 unspecified atom stereocenters. The smallest absolute Gasteiger partial charge is 0.0518 e. The van der Waals surface area contributed by atoms with E-state index >= 15 is 0 Å². The van der Waals surface area contributed by atoms with Crippen LogP contribution in [0, 0.1) is 0 Å². The van der Waals surface area contributed by atoms with Crippen molar-refractivity contribution < 1.29 is 5.11 Å². The fourth-order valence-electron chi connectivity index (χ4n) is 3.38. The highest BCUT2D eigenvalue weighted by Gasteiger charge is 2.34. The second-order valence-corrected chi connectivity index (χ2v) is 5.41. The summed E-state index contributed by atoms with van der Waals surface area (Å²) in [6.45, 7) is 4.33. The summed E-state index contributed by atoms with van der Waals surface area (Å²) in [6.07, 6.45) is 0. The molecule has 0 aromatic heterocycles. The van der Waals surface area contributed by atoms with Crippen molar-refractivity contribution in [2.45, 2.75) is 25.4 Å². The number of aliphatic hydroxyl groups is 1. The highest BCUT2D eigenvalue weighted by molar-refractivity contribution is 5.37. The Kier molecular flexibility index (Phi) is 3.86. The van der Waals surface area contributed by atoms with E-state index in [9.17, 15) is 5.11 Å². The largest absolute Gasteiger partial charge is 0.396 e. The molecule has 0 aliphatic carbocycles. The zero-order valence-corrected chi connectivity index (χ0v) is 11.9. The van der Waals surface area contributed by atoms with Gasteiger partial charge in [0.2, 0.25) is 0 Å². The van der Waals surface area contributed by atoms with Gasteiger partial charge >= 0.3 is 0 Å². The number of nitrogens with zero attached hydrogens (tertiary/aromatic N) is 1. The maximum absolute atomic E-state index is 9.96. The number of aliphatic hydroxyl groups excluding tert-OH is 1. The zero-order chi connectivity index (χ0) is 13.9. The van der Waals surface area contributed by atoms with Crippen molar-refractivity contribution in [3.63, 3.8) is 0 Å². The van der Waals surface area contributed by atoms with E-state index < -0.39 is 0 Å². The van der Waals surface area contributed by atoms with Gasteiger partial charge in [-0.25, -0.2) is 0 Å². The van der Waals surface area contributed by atoms with Gasteiger partial charge in [-0.05, 0) is 23.2 Å². The lowest BCUT2D eigenvalue weighted by molar-refractivity contribution is 0.116. The first-order valence-corrected chi connectivity index (χ1v) is 7.32.